The number of carbonyl (C=O) groups is 1. The van der Waals surface area contributed by atoms with Gasteiger partial charge in [0.05, 0.1) is 19.1 Å². The predicted molar refractivity (Wildman–Crippen MR) is 80.9 cm³/mol. The minimum Gasteiger partial charge on any atom is -0.375 e. The highest BCUT2D eigenvalue weighted by Gasteiger charge is 2.22. The van der Waals surface area contributed by atoms with Crippen LogP contribution in [0.4, 0.5) is 5.69 Å². The van der Waals surface area contributed by atoms with E-state index in [1.54, 1.807) is 0 Å². The summed E-state index contributed by atoms with van der Waals surface area (Å²) < 4.78 is 5.63. The second kappa shape index (κ2) is 8.02. The van der Waals surface area contributed by atoms with Crippen molar-refractivity contribution in [1.82, 2.24) is 5.32 Å². The van der Waals surface area contributed by atoms with Gasteiger partial charge in [-0.25, -0.2) is 0 Å². The van der Waals surface area contributed by atoms with Gasteiger partial charge >= 0.3 is 0 Å². The molecule has 0 bridgehead atoms. The van der Waals surface area contributed by atoms with Crippen molar-refractivity contribution >= 4 is 11.6 Å². The zero-order valence-electron chi connectivity index (χ0n) is 12.2. The van der Waals surface area contributed by atoms with Crippen molar-refractivity contribution in [3.8, 4) is 0 Å². The van der Waals surface area contributed by atoms with E-state index >= 15 is 0 Å². The Hall–Kier alpha value is -1.39. The van der Waals surface area contributed by atoms with Crippen LogP contribution in [0.3, 0.4) is 0 Å². The van der Waals surface area contributed by atoms with Crippen LogP contribution in [0.1, 0.15) is 26.2 Å². The number of nitrogens with one attached hydrogen (secondary N) is 1. The first kappa shape index (κ1) is 15.0. The number of anilines is 1. The Balaban J connectivity index is 1.99. The number of nitrogens with zero attached hydrogens (tertiary/aromatic N) is 1. The van der Waals surface area contributed by atoms with E-state index in [2.05, 4.69) is 12.2 Å². The normalized spacial score (nSPS) is 18.8. The molecule has 110 valence electrons. The SMILES string of the molecule is CCCCN(C(=O)CC1CNCCO1)c1ccccc1. The first-order chi connectivity index (χ1) is 9.81. The third-order valence-electron chi connectivity index (χ3n) is 3.51. The van der Waals surface area contributed by atoms with Crippen molar-refractivity contribution in [1.29, 1.82) is 0 Å². The average molecular weight is 276 g/mol. The van der Waals surface area contributed by atoms with Crippen LogP contribution in [-0.2, 0) is 9.53 Å². The highest BCUT2D eigenvalue weighted by Crippen LogP contribution is 2.17. The summed E-state index contributed by atoms with van der Waals surface area (Å²) in [7, 11) is 0. The Labute approximate surface area is 121 Å². The molecule has 20 heavy (non-hydrogen) atoms. The van der Waals surface area contributed by atoms with Gasteiger partial charge in [-0.1, -0.05) is 31.5 Å². The first-order valence-corrected chi connectivity index (χ1v) is 7.49. The number of carbonyl (C=O) groups excluding carboxylic acids is 1. The third kappa shape index (κ3) is 4.32. The molecule has 1 aromatic rings. The fourth-order valence-electron chi connectivity index (χ4n) is 2.38. The molecule has 0 aromatic heterocycles. The monoisotopic (exact) mass is 276 g/mol. The van der Waals surface area contributed by atoms with Gasteiger partial charge in [0.25, 0.3) is 0 Å². The Morgan fingerprint density at radius 3 is 2.85 bits per heavy atom. The van der Waals surface area contributed by atoms with Crippen LogP contribution in [0, 0.1) is 0 Å². The van der Waals surface area contributed by atoms with Crippen LogP contribution in [0.2, 0.25) is 0 Å². The Kier molecular flexibility index (Phi) is 6.02. The molecule has 1 aliphatic heterocycles. The van der Waals surface area contributed by atoms with Crippen LogP contribution in [-0.4, -0.2) is 38.3 Å². The smallest absolute Gasteiger partial charge is 0.229 e. The predicted octanol–water partition coefficient (Wildman–Crippen LogP) is 2.20. The highest BCUT2D eigenvalue weighted by atomic mass is 16.5. The molecule has 1 aromatic carbocycles. The first-order valence-electron chi connectivity index (χ1n) is 7.49. The molecule has 1 aliphatic rings. The largest absolute Gasteiger partial charge is 0.375 e. The molecule has 0 spiro atoms. The second-order valence-electron chi connectivity index (χ2n) is 5.14. The maximum atomic E-state index is 12.5. The van der Waals surface area contributed by atoms with E-state index in [0.29, 0.717) is 13.0 Å². The number of unbranched alkanes of at least 4 members (excludes halogenated alkanes) is 1. The van der Waals surface area contributed by atoms with E-state index < -0.39 is 0 Å². The lowest BCUT2D eigenvalue weighted by atomic mass is 10.1. The van der Waals surface area contributed by atoms with Gasteiger partial charge < -0.3 is 15.0 Å². The van der Waals surface area contributed by atoms with Crippen LogP contribution in [0.25, 0.3) is 0 Å². The standard InChI is InChI=1S/C16H24N2O2/c1-2-3-10-18(14-7-5-4-6-8-14)16(19)12-15-13-17-9-11-20-15/h4-8,15,17H,2-3,9-13H2,1H3. The fraction of sp³-hybridized carbons (Fsp3) is 0.562. The van der Waals surface area contributed by atoms with Gasteiger partial charge in [-0.3, -0.25) is 4.79 Å². The minimum atomic E-state index is 0.00379. The number of morpholine rings is 1. The number of rotatable bonds is 6. The molecule has 1 amide bonds. The third-order valence-corrected chi connectivity index (χ3v) is 3.51. The van der Waals surface area contributed by atoms with Crippen molar-refractivity contribution in [2.45, 2.75) is 32.3 Å². The molecule has 0 radical (unpaired) electrons. The molecule has 1 saturated heterocycles. The van der Waals surface area contributed by atoms with Gasteiger partial charge in [0.15, 0.2) is 0 Å². The van der Waals surface area contributed by atoms with Gasteiger partial charge in [0, 0.05) is 25.3 Å². The van der Waals surface area contributed by atoms with Crippen LogP contribution >= 0.6 is 0 Å². The zero-order valence-corrected chi connectivity index (χ0v) is 12.2. The summed E-state index contributed by atoms with van der Waals surface area (Å²) >= 11 is 0. The van der Waals surface area contributed by atoms with Crippen LogP contribution in [0.5, 0.6) is 0 Å². The fourth-order valence-corrected chi connectivity index (χ4v) is 2.38. The lowest BCUT2D eigenvalue weighted by Gasteiger charge is -2.27. The van der Waals surface area contributed by atoms with Gasteiger partial charge in [-0.05, 0) is 18.6 Å². The number of amides is 1. The molecule has 4 nitrogen and oxygen atoms in total. The molecular formula is C16H24N2O2. The van der Waals surface area contributed by atoms with Crippen molar-refractivity contribution in [2.75, 3.05) is 31.1 Å². The van der Waals surface area contributed by atoms with E-state index in [1.807, 2.05) is 35.2 Å². The lowest BCUT2D eigenvalue weighted by Crippen LogP contribution is -2.42. The number of benzene rings is 1. The summed E-state index contributed by atoms with van der Waals surface area (Å²) in [4.78, 5) is 14.4. The van der Waals surface area contributed by atoms with Crippen molar-refractivity contribution < 1.29 is 9.53 Å². The summed E-state index contributed by atoms with van der Waals surface area (Å²) in [5.41, 5.74) is 0.981. The summed E-state index contributed by atoms with van der Waals surface area (Å²) in [5, 5.41) is 3.27. The lowest BCUT2D eigenvalue weighted by molar-refractivity contribution is -0.122. The molecule has 0 aliphatic carbocycles. The summed E-state index contributed by atoms with van der Waals surface area (Å²) in [5.74, 6) is 0.151. The Morgan fingerprint density at radius 2 is 2.20 bits per heavy atom. The summed E-state index contributed by atoms with van der Waals surface area (Å²) in [6.07, 6.45) is 2.55. The molecular weight excluding hydrogens is 252 g/mol. The maximum Gasteiger partial charge on any atom is 0.229 e. The minimum absolute atomic E-state index is 0.00379. The number of hydrogen-bond donors (Lipinski definition) is 1. The zero-order chi connectivity index (χ0) is 14.2. The molecule has 2 rings (SSSR count). The van der Waals surface area contributed by atoms with E-state index in [-0.39, 0.29) is 12.0 Å². The van der Waals surface area contributed by atoms with Gasteiger partial charge in [-0.15, -0.1) is 0 Å². The quantitative estimate of drug-likeness (QED) is 0.866. The van der Waals surface area contributed by atoms with E-state index in [1.165, 1.54) is 0 Å². The van der Waals surface area contributed by atoms with Crippen molar-refractivity contribution in [2.24, 2.45) is 0 Å². The molecule has 1 heterocycles. The second-order valence-corrected chi connectivity index (χ2v) is 5.14. The molecule has 4 heteroatoms. The van der Waals surface area contributed by atoms with Gasteiger partial charge in [0.2, 0.25) is 5.91 Å². The number of para-hydroxylation sites is 1. The molecule has 0 saturated carbocycles. The Bertz CT molecular complexity index is 402. The highest BCUT2D eigenvalue weighted by molar-refractivity contribution is 5.93. The summed E-state index contributed by atoms with van der Waals surface area (Å²) in [6.45, 7) is 5.25. The number of hydrogen-bond acceptors (Lipinski definition) is 3. The van der Waals surface area contributed by atoms with E-state index in [9.17, 15) is 4.79 Å². The van der Waals surface area contributed by atoms with Crippen LogP contribution < -0.4 is 10.2 Å². The van der Waals surface area contributed by atoms with Gasteiger partial charge in [0.1, 0.15) is 0 Å². The van der Waals surface area contributed by atoms with E-state index in [4.69, 9.17) is 4.74 Å². The molecule has 1 fully saturated rings. The van der Waals surface area contributed by atoms with Crippen molar-refractivity contribution in [3.05, 3.63) is 30.3 Å². The summed E-state index contributed by atoms with van der Waals surface area (Å²) in [6, 6.07) is 9.90. The van der Waals surface area contributed by atoms with Crippen molar-refractivity contribution in [3.63, 3.8) is 0 Å². The van der Waals surface area contributed by atoms with E-state index in [0.717, 1.165) is 38.2 Å². The van der Waals surface area contributed by atoms with Crippen LogP contribution in [0.15, 0.2) is 30.3 Å². The topological polar surface area (TPSA) is 41.6 Å². The molecule has 1 unspecified atom stereocenters. The number of ether oxygens (including phenoxy) is 1. The molecule has 1 atom stereocenters. The Morgan fingerprint density at radius 1 is 1.40 bits per heavy atom. The van der Waals surface area contributed by atoms with Gasteiger partial charge in [-0.2, -0.15) is 0 Å². The molecule has 1 N–H and O–H groups in total. The maximum absolute atomic E-state index is 12.5. The average Bonchev–Trinajstić information content (AvgIpc) is 2.50.